The van der Waals surface area contributed by atoms with Crippen LogP contribution in [-0.4, -0.2) is 238 Å². The topological polar surface area (TPSA) is 579 Å². The summed E-state index contributed by atoms with van der Waals surface area (Å²) in [6.07, 6.45) is 2.43. The van der Waals surface area contributed by atoms with E-state index in [9.17, 15) is 116 Å². The number of nitrogens with one attached hydrogen (secondary N) is 14. The van der Waals surface area contributed by atoms with Crippen molar-refractivity contribution in [3.63, 3.8) is 0 Å². The van der Waals surface area contributed by atoms with Crippen LogP contribution in [0.1, 0.15) is 242 Å². The number of aliphatic hydroxyl groups is 8. The normalized spacial score (nSPS) is 16.2. The number of hydrogen-bond donors (Lipinski definition) is 23. The van der Waals surface area contributed by atoms with E-state index >= 15 is 0 Å². The molecule has 4 aromatic carbocycles. The molecule has 13 rings (SSSR count). The maximum absolute atomic E-state index is 13.8. The van der Waals surface area contributed by atoms with Crippen molar-refractivity contribution in [3.8, 4) is 0 Å². The van der Waals surface area contributed by atoms with Crippen molar-refractivity contribution >= 4 is 140 Å². The Kier molecular flexibility index (Phi) is 38.4. The molecule has 24 N–H and O–H groups in total. The highest BCUT2D eigenvalue weighted by molar-refractivity contribution is 6.37. The summed E-state index contributed by atoms with van der Waals surface area (Å²) in [6, 6.07) is 16.2. The number of piperidine rings is 1. The first-order valence-electron chi connectivity index (χ1n) is 46.5. The predicted octanol–water partition coefficient (Wildman–Crippen LogP) is 8.31. The first-order valence-corrected chi connectivity index (χ1v) is 46.5. The SMILES string of the molecule is CNC(=O)C[C@H](O)C[C@H](O)CCNC(=O)c1c(C)[nH]c(/C=C2\C(=O)Nc3ccc(F)cc32)c1C.Cc1[nH]c(/C=C2\C(=O)Nc3ccc(F)cc32)c(C)c1C(=O)NCC[C@@H](O)C[C@@H](O)CC(=O)N1CCCCC1.Cc1[nH]c(/C=C2\C(=O)Nc3ccc(F)cc32)c(C)c1C(=O)NCC[C@@H](O)C[C@@H](O)CC(=O)NC(C)C.Cc1[nH]c(/C=C2\C(=O)Nc3ccc(F)cc32)c(C)c1C(=O)NCC[C@@H](O)C[C@@H](O)CC(N)=O. The Balaban J connectivity index is 0.000000194. The highest BCUT2D eigenvalue weighted by atomic mass is 19.1. The number of nitrogens with two attached hydrogens (primary N) is 1. The van der Waals surface area contributed by atoms with Gasteiger partial charge in [0.1, 0.15) is 23.3 Å². The Labute approximate surface area is 811 Å². The van der Waals surface area contributed by atoms with Crippen molar-refractivity contribution in [3.05, 3.63) is 208 Å². The molecule has 9 heterocycles. The summed E-state index contributed by atoms with van der Waals surface area (Å²) < 4.78 is 54.9. The van der Waals surface area contributed by atoms with Crippen LogP contribution < -0.4 is 58.9 Å². The second kappa shape index (κ2) is 49.7. The lowest BCUT2D eigenvalue weighted by Gasteiger charge is -2.27. The zero-order valence-electron chi connectivity index (χ0n) is 80.3. The van der Waals surface area contributed by atoms with Gasteiger partial charge in [-0.05, 0) is 259 Å². The number of aromatic nitrogens is 4. The number of primary amides is 1. The van der Waals surface area contributed by atoms with Crippen LogP contribution in [0.2, 0.25) is 0 Å². The molecule has 4 aromatic heterocycles. The number of nitrogens with zero attached hydrogens (tertiary/aromatic N) is 1. The third-order valence-electron chi connectivity index (χ3n) is 24.4. The molecule has 0 bridgehead atoms. The van der Waals surface area contributed by atoms with Crippen molar-refractivity contribution in [2.45, 2.75) is 220 Å². The molecule has 5 aliphatic heterocycles. The van der Waals surface area contributed by atoms with Crippen LogP contribution in [0.25, 0.3) is 46.6 Å². The lowest BCUT2D eigenvalue weighted by Crippen LogP contribution is -2.38. The number of hydrogen-bond acceptors (Lipinski definition) is 20. The molecule has 756 valence electrons. The van der Waals surface area contributed by atoms with Gasteiger partial charge in [-0.1, -0.05) is 0 Å². The first-order chi connectivity index (χ1) is 66.8. The fourth-order valence-corrected chi connectivity index (χ4v) is 17.3. The lowest BCUT2D eigenvalue weighted by atomic mass is 10.0. The minimum Gasteiger partial charge on any atom is -0.393 e. The number of halogens is 4. The van der Waals surface area contributed by atoms with Crippen molar-refractivity contribution in [2.24, 2.45) is 5.73 Å². The van der Waals surface area contributed by atoms with Crippen LogP contribution in [0, 0.1) is 78.7 Å². The van der Waals surface area contributed by atoms with Gasteiger partial charge in [-0.2, -0.15) is 0 Å². The number of benzene rings is 4. The van der Waals surface area contributed by atoms with Crippen molar-refractivity contribution in [1.82, 2.24) is 56.7 Å². The standard InChI is InChI=1S/C28H35FN4O5.C26H33FN4O5.C24H29FN4O5.C23H27FN4O5/c1-16-24(15-22-21-12-18(29)6-7-23(21)32-27(22)37)31-17(2)26(16)28(38)30-9-8-19(34)13-20(35)14-25(36)33-10-4-3-5-11-33;1-13(2)29-23(34)11-18(33)10-17(32)7-8-28-26(36)24-14(3)22(30-15(24)4)12-20-19-9-16(27)5-6-21(19)31-25(20)35;1-12-20(11-18-17-8-14(25)4-5-19(17)29-23(18)33)28-13(2)22(12)24(34)27-7-6-15(30)9-16(31)10-21(32)26-3;1-11-19(10-17-16-7-13(24)3-4-18(16)28-22(17)32)27-12(2)21(11)23(33)26-6-5-14(29)8-15(30)9-20(25)31/h6-7,12,15,19-20,31,34-35H,3-5,8-11,13-14H2,1-2H3,(H,30,38)(H,32,37);5-6,9,12-13,17-18,30,32-33H,7-8,10-11H2,1-4H3,(H,28,36)(H,29,34)(H,31,35);4-5,8,11,15-16,28,30-31H,6-7,9-10H2,1-3H3,(H,26,32)(H,27,34)(H,29,33);3-4,7,10,14-15,27,29-30H,5-6,8-9H2,1-2H3,(H2,25,31)(H,26,33)(H,28,32)/b22-15-;20-12-;18-11-;17-10-/t19-,20-;17-,18-;15-,16-;14-,15-/m1111/s1. The van der Waals surface area contributed by atoms with E-state index in [0.717, 1.165) is 32.4 Å². The van der Waals surface area contributed by atoms with Crippen LogP contribution in [-0.2, 0) is 38.4 Å². The van der Waals surface area contributed by atoms with Crippen LogP contribution in [0.4, 0.5) is 40.3 Å². The van der Waals surface area contributed by atoms with Crippen LogP contribution in [0.3, 0.4) is 0 Å². The number of anilines is 4. The Hall–Kier alpha value is -14.0. The summed E-state index contributed by atoms with van der Waals surface area (Å²) in [4.78, 5) is 161. The minimum absolute atomic E-state index is 0.0153. The van der Waals surface area contributed by atoms with Crippen LogP contribution in [0.5, 0.6) is 0 Å². The molecule has 0 unspecified atom stereocenters. The van der Waals surface area contributed by atoms with Gasteiger partial charge in [-0.25, -0.2) is 17.6 Å². The molecule has 8 aromatic rings. The van der Waals surface area contributed by atoms with Gasteiger partial charge >= 0.3 is 0 Å². The number of aliphatic hydroxyl groups excluding tert-OH is 8. The molecular weight excluding hydrogens is 1830 g/mol. The first kappa shape index (κ1) is 109. The molecule has 0 spiro atoms. The summed E-state index contributed by atoms with van der Waals surface area (Å²) in [6.45, 7) is 19.7. The summed E-state index contributed by atoms with van der Waals surface area (Å²) in [5.41, 5.74) is 18.9. The molecule has 0 saturated carbocycles. The van der Waals surface area contributed by atoms with E-state index in [1.165, 1.54) is 79.8 Å². The minimum atomic E-state index is -1.04. The molecule has 8 atom stereocenters. The fourth-order valence-electron chi connectivity index (χ4n) is 17.3. The number of likely N-dealkylation sites (tertiary alicyclic amines) is 1. The third kappa shape index (κ3) is 29.6. The van der Waals surface area contributed by atoms with E-state index in [1.807, 2.05) is 13.8 Å². The second-order valence-corrected chi connectivity index (χ2v) is 35.9. The number of rotatable bonds is 37. The smallest absolute Gasteiger partial charge is 0.256 e. The van der Waals surface area contributed by atoms with Gasteiger partial charge in [-0.15, -0.1) is 0 Å². The number of aryl methyl sites for hydroxylation is 4. The Morgan fingerprint density at radius 2 is 0.631 bits per heavy atom. The summed E-state index contributed by atoms with van der Waals surface area (Å²) in [5.74, 6) is -5.99. The zero-order chi connectivity index (χ0) is 103. The highest BCUT2D eigenvalue weighted by Crippen LogP contribution is 2.40. The van der Waals surface area contributed by atoms with E-state index in [1.54, 1.807) is 84.6 Å². The summed E-state index contributed by atoms with van der Waals surface area (Å²) in [7, 11) is 1.47. The Bertz CT molecular complexity index is 6160. The number of fused-ring (bicyclic) bond motifs is 4. The summed E-state index contributed by atoms with van der Waals surface area (Å²) in [5, 5.41) is 107. The highest BCUT2D eigenvalue weighted by Gasteiger charge is 2.34. The predicted molar refractivity (Wildman–Crippen MR) is 522 cm³/mol. The van der Waals surface area contributed by atoms with Gasteiger partial charge in [0.15, 0.2) is 0 Å². The van der Waals surface area contributed by atoms with Crippen LogP contribution >= 0.6 is 0 Å². The van der Waals surface area contributed by atoms with E-state index in [2.05, 4.69) is 73.1 Å². The van der Waals surface area contributed by atoms with E-state index < -0.39 is 78.0 Å². The molecule has 0 aliphatic carbocycles. The molecule has 36 nitrogen and oxygen atoms in total. The van der Waals surface area contributed by atoms with Crippen LogP contribution in [0.15, 0.2) is 72.8 Å². The molecule has 0 radical (unpaired) electrons. The largest absolute Gasteiger partial charge is 0.393 e. The third-order valence-corrected chi connectivity index (χ3v) is 24.4. The number of carbonyl (C=O) groups excluding carboxylic acids is 12. The van der Waals surface area contributed by atoms with E-state index in [0.29, 0.717) is 157 Å². The maximum atomic E-state index is 13.8. The Morgan fingerprint density at radius 1 is 0.376 bits per heavy atom. The van der Waals surface area contributed by atoms with Gasteiger partial charge in [0.2, 0.25) is 23.6 Å². The molecule has 141 heavy (non-hydrogen) atoms. The van der Waals surface area contributed by atoms with Gasteiger partial charge in [0, 0.05) is 143 Å². The van der Waals surface area contributed by atoms with E-state index in [4.69, 9.17) is 5.73 Å². The average molecular weight is 1960 g/mol. The van der Waals surface area contributed by atoms with Crippen molar-refractivity contribution < 1.29 is 116 Å². The molecular formula is C101H124F4N16O20. The molecule has 1 fully saturated rings. The Morgan fingerprint density at radius 3 is 0.887 bits per heavy atom. The quantitative estimate of drug-likeness (QED) is 0.0128. The van der Waals surface area contributed by atoms with Gasteiger partial charge in [0.05, 0.1) is 119 Å². The van der Waals surface area contributed by atoms with Gasteiger partial charge in [0.25, 0.3) is 47.3 Å². The number of amides is 12. The lowest BCUT2D eigenvalue weighted by molar-refractivity contribution is -0.134. The number of H-pyrrole nitrogens is 4. The molecule has 40 heteroatoms. The number of aromatic amines is 4. The number of carbonyl (C=O) groups is 12. The fraction of sp³-hybridized carbons (Fsp3) is 0.406. The van der Waals surface area contributed by atoms with Crippen molar-refractivity contribution in [2.75, 3.05) is 67.6 Å². The second-order valence-electron chi connectivity index (χ2n) is 35.9. The average Bonchev–Trinajstić information content (AvgIpc) is 1.64. The van der Waals surface area contributed by atoms with E-state index in [-0.39, 0.29) is 174 Å². The maximum Gasteiger partial charge on any atom is 0.256 e. The molecule has 5 aliphatic rings. The van der Waals surface area contributed by atoms with Gasteiger partial charge < -0.3 is 125 Å². The van der Waals surface area contributed by atoms with Gasteiger partial charge in [-0.3, -0.25) is 57.5 Å². The molecule has 1 saturated heterocycles. The summed E-state index contributed by atoms with van der Waals surface area (Å²) >= 11 is 0. The zero-order valence-corrected chi connectivity index (χ0v) is 80.3. The monoisotopic (exact) mass is 1960 g/mol. The van der Waals surface area contributed by atoms with Crippen molar-refractivity contribution in [1.29, 1.82) is 0 Å². The molecule has 12 amide bonds.